The summed E-state index contributed by atoms with van der Waals surface area (Å²) < 4.78 is 0. The van der Waals surface area contributed by atoms with Crippen molar-refractivity contribution >= 4 is 29.2 Å². The molecule has 4 heterocycles. The van der Waals surface area contributed by atoms with Crippen molar-refractivity contribution in [3.8, 4) is 0 Å². The number of likely N-dealkylation sites (tertiary alicyclic amines) is 2. The molecule has 30 heavy (non-hydrogen) atoms. The molecule has 7 heteroatoms. The largest absolute Gasteiger partial charge is 0.355 e. The smallest absolute Gasteiger partial charge is 0.255 e. The van der Waals surface area contributed by atoms with Crippen molar-refractivity contribution in [2.45, 2.75) is 51.9 Å². The van der Waals surface area contributed by atoms with Crippen LogP contribution in [0.15, 0.2) is 12.3 Å². The van der Waals surface area contributed by atoms with Crippen molar-refractivity contribution in [3.05, 3.63) is 22.8 Å². The van der Waals surface area contributed by atoms with E-state index >= 15 is 0 Å². The molecule has 0 bridgehead atoms. The lowest BCUT2D eigenvalue weighted by Gasteiger charge is -2.37. The Hall–Kier alpha value is -1.82. The zero-order chi connectivity index (χ0) is 21.1. The van der Waals surface area contributed by atoms with E-state index in [1.807, 2.05) is 4.90 Å². The number of aromatic nitrogens is 1. The van der Waals surface area contributed by atoms with Crippen molar-refractivity contribution in [2.24, 2.45) is 11.8 Å². The van der Waals surface area contributed by atoms with Gasteiger partial charge in [-0.1, -0.05) is 18.5 Å². The van der Waals surface area contributed by atoms with Gasteiger partial charge in [0, 0.05) is 51.4 Å². The van der Waals surface area contributed by atoms with E-state index in [0.717, 1.165) is 89.5 Å². The summed E-state index contributed by atoms with van der Waals surface area (Å²) in [6.45, 7) is 7.24. The lowest BCUT2D eigenvalue weighted by molar-refractivity contribution is -0.137. The number of carbonyl (C=O) groups excluding carboxylic acids is 2. The number of halogens is 1. The summed E-state index contributed by atoms with van der Waals surface area (Å²) in [5, 5.41) is 0.521. The zero-order valence-electron chi connectivity index (χ0n) is 18.0. The van der Waals surface area contributed by atoms with Crippen LogP contribution in [0.3, 0.4) is 0 Å². The first-order valence-corrected chi connectivity index (χ1v) is 11.9. The van der Waals surface area contributed by atoms with Gasteiger partial charge < -0.3 is 14.7 Å². The average molecular weight is 433 g/mol. The lowest BCUT2D eigenvalue weighted by atomic mass is 9.92. The Bertz CT molecular complexity index is 764. The van der Waals surface area contributed by atoms with E-state index in [1.54, 1.807) is 12.3 Å². The number of rotatable bonds is 3. The molecule has 0 aromatic carbocycles. The number of hydrogen-bond donors (Lipinski definition) is 0. The summed E-state index contributed by atoms with van der Waals surface area (Å²) in [4.78, 5) is 36.2. The Morgan fingerprint density at radius 1 is 0.933 bits per heavy atom. The Balaban J connectivity index is 1.34. The van der Waals surface area contributed by atoms with Crippen molar-refractivity contribution < 1.29 is 9.59 Å². The van der Waals surface area contributed by atoms with Gasteiger partial charge in [0.2, 0.25) is 5.91 Å². The van der Waals surface area contributed by atoms with Crippen LogP contribution in [0.2, 0.25) is 5.02 Å². The van der Waals surface area contributed by atoms with E-state index in [1.165, 1.54) is 6.42 Å². The minimum atomic E-state index is 0.0239. The van der Waals surface area contributed by atoms with E-state index in [9.17, 15) is 9.59 Å². The second-order valence-electron chi connectivity index (χ2n) is 9.15. The lowest BCUT2D eigenvalue weighted by Crippen LogP contribution is -2.45. The maximum absolute atomic E-state index is 12.9. The van der Waals surface area contributed by atoms with E-state index in [-0.39, 0.29) is 11.8 Å². The first-order chi connectivity index (χ1) is 14.5. The van der Waals surface area contributed by atoms with Crippen LogP contribution in [0.25, 0.3) is 0 Å². The minimum absolute atomic E-state index is 0.0239. The van der Waals surface area contributed by atoms with Crippen LogP contribution in [-0.2, 0) is 4.79 Å². The van der Waals surface area contributed by atoms with Gasteiger partial charge in [-0.05, 0) is 56.9 Å². The molecule has 3 fully saturated rings. The van der Waals surface area contributed by atoms with Crippen LogP contribution in [0.1, 0.15) is 62.2 Å². The van der Waals surface area contributed by atoms with E-state index in [4.69, 9.17) is 11.6 Å². The van der Waals surface area contributed by atoms with Gasteiger partial charge in [-0.2, -0.15) is 0 Å². The molecule has 0 radical (unpaired) electrons. The summed E-state index contributed by atoms with van der Waals surface area (Å²) in [6.07, 6.45) is 8.87. The van der Waals surface area contributed by atoms with Crippen molar-refractivity contribution in [1.82, 2.24) is 14.8 Å². The normalized spacial score (nSPS) is 21.7. The van der Waals surface area contributed by atoms with Gasteiger partial charge in [0.15, 0.2) is 0 Å². The molecular formula is C23H33ClN4O2. The van der Waals surface area contributed by atoms with Gasteiger partial charge in [-0.25, -0.2) is 4.98 Å². The molecular weight excluding hydrogens is 400 g/mol. The second-order valence-corrected chi connectivity index (χ2v) is 9.56. The molecule has 2 amide bonds. The molecule has 1 aromatic heterocycles. The highest BCUT2D eigenvalue weighted by Gasteiger charge is 2.31. The molecule has 0 N–H and O–H groups in total. The quantitative estimate of drug-likeness (QED) is 0.728. The molecule has 0 atom stereocenters. The third-order valence-electron chi connectivity index (χ3n) is 6.95. The van der Waals surface area contributed by atoms with Gasteiger partial charge in [-0.15, -0.1) is 0 Å². The van der Waals surface area contributed by atoms with Gasteiger partial charge in [0.25, 0.3) is 5.91 Å². The predicted octanol–water partition coefficient (Wildman–Crippen LogP) is 3.84. The molecule has 0 aliphatic carbocycles. The van der Waals surface area contributed by atoms with E-state index in [0.29, 0.717) is 16.5 Å². The Morgan fingerprint density at radius 3 is 2.23 bits per heavy atom. The number of pyridine rings is 1. The second kappa shape index (κ2) is 9.54. The minimum Gasteiger partial charge on any atom is -0.355 e. The molecule has 3 aliphatic heterocycles. The maximum atomic E-state index is 12.9. The standard InChI is InChI=1S/C23H33ClN4O2/c1-17-5-11-28(12-6-17)22(29)18-7-13-26(14-8-18)21-20(24)15-19(16-25-21)23(30)27-9-3-2-4-10-27/h15-18H,2-14H2,1H3. The highest BCUT2D eigenvalue weighted by atomic mass is 35.5. The van der Waals surface area contributed by atoms with Crippen molar-refractivity contribution in [1.29, 1.82) is 0 Å². The summed E-state index contributed by atoms with van der Waals surface area (Å²) in [5.41, 5.74) is 0.565. The molecule has 164 valence electrons. The number of piperidine rings is 3. The fourth-order valence-corrected chi connectivity index (χ4v) is 5.17. The molecule has 3 aliphatic rings. The van der Waals surface area contributed by atoms with Crippen LogP contribution in [0, 0.1) is 11.8 Å². The number of nitrogens with zero attached hydrogens (tertiary/aromatic N) is 4. The first-order valence-electron chi connectivity index (χ1n) is 11.5. The Labute approximate surface area is 184 Å². The molecule has 0 saturated carbocycles. The maximum Gasteiger partial charge on any atom is 0.255 e. The van der Waals surface area contributed by atoms with Crippen LogP contribution in [0.4, 0.5) is 5.82 Å². The van der Waals surface area contributed by atoms with Gasteiger partial charge >= 0.3 is 0 Å². The number of carbonyl (C=O) groups is 2. The van der Waals surface area contributed by atoms with Gasteiger partial charge in [0.1, 0.15) is 5.82 Å². The number of amides is 2. The fraction of sp³-hybridized carbons (Fsp3) is 0.696. The van der Waals surface area contributed by atoms with Crippen LogP contribution in [-0.4, -0.2) is 65.9 Å². The molecule has 3 saturated heterocycles. The third kappa shape index (κ3) is 4.74. The third-order valence-corrected chi connectivity index (χ3v) is 7.23. The monoisotopic (exact) mass is 432 g/mol. The SMILES string of the molecule is CC1CCN(C(=O)C2CCN(c3ncc(C(=O)N4CCCCC4)cc3Cl)CC2)CC1. The highest BCUT2D eigenvalue weighted by Crippen LogP contribution is 2.30. The summed E-state index contributed by atoms with van der Waals surface area (Å²) in [7, 11) is 0. The number of anilines is 1. The predicted molar refractivity (Wildman–Crippen MR) is 119 cm³/mol. The van der Waals surface area contributed by atoms with Crippen LogP contribution in [0.5, 0.6) is 0 Å². The summed E-state index contributed by atoms with van der Waals surface area (Å²) >= 11 is 6.53. The zero-order valence-corrected chi connectivity index (χ0v) is 18.7. The Kier molecular flexibility index (Phi) is 6.81. The number of hydrogen-bond acceptors (Lipinski definition) is 4. The summed E-state index contributed by atoms with van der Waals surface area (Å²) in [5.74, 6) is 1.91. The molecule has 0 spiro atoms. The van der Waals surface area contributed by atoms with E-state index < -0.39 is 0 Å². The highest BCUT2D eigenvalue weighted by molar-refractivity contribution is 6.33. The van der Waals surface area contributed by atoms with Crippen molar-refractivity contribution in [2.75, 3.05) is 44.2 Å². The van der Waals surface area contributed by atoms with E-state index in [2.05, 4.69) is 21.7 Å². The topological polar surface area (TPSA) is 56.8 Å². The molecule has 0 unspecified atom stereocenters. The van der Waals surface area contributed by atoms with Gasteiger partial charge in [-0.3, -0.25) is 9.59 Å². The molecule has 6 nitrogen and oxygen atoms in total. The Morgan fingerprint density at radius 2 is 1.60 bits per heavy atom. The molecule has 1 aromatic rings. The fourth-order valence-electron chi connectivity index (χ4n) is 4.89. The van der Waals surface area contributed by atoms with Crippen molar-refractivity contribution in [3.63, 3.8) is 0 Å². The molecule has 4 rings (SSSR count). The first kappa shape index (κ1) is 21.4. The van der Waals surface area contributed by atoms with Crippen LogP contribution >= 0.6 is 11.6 Å². The van der Waals surface area contributed by atoms with Crippen LogP contribution < -0.4 is 4.90 Å². The summed E-state index contributed by atoms with van der Waals surface area (Å²) in [6, 6.07) is 1.76. The average Bonchev–Trinajstić information content (AvgIpc) is 2.79. The van der Waals surface area contributed by atoms with Gasteiger partial charge in [0.05, 0.1) is 10.6 Å².